The molecule has 0 fully saturated rings. The molecule has 0 heterocycles. The van der Waals surface area contributed by atoms with E-state index in [-0.39, 0.29) is 23.9 Å². The Balaban J connectivity index is 2.00. The fraction of sp³-hybridized carbons (Fsp3) is 0.381. The van der Waals surface area contributed by atoms with Gasteiger partial charge in [0.25, 0.3) is 0 Å². The van der Waals surface area contributed by atoms with Crippen LogP contribution in [0, 0.1) is 6.92 Å². The number of carbonyl (C=O) groups is 1. The Morgan fingerprint density at radius 1 is 1.07 bits per heavy atom. The summed E-state index contributed by atoms with van der Waals surface area (Å²) in [6.45, 7) is 2.78. The maximum atomic E-state index is 13.0. The molecule has 7 heteroatoms. The van der Waals surface area contributed by atoms with Gasteiger partial charge in [0.05, 0.1) is 11.4 Å². The van der Waals surface area contributed by atoms with Gasteiger partial charge < -0.3 is 10.1 Å². The highest BCUT2D eigenvalue weighted by Gasteiger charge is 2.26. The van der Waals surface area contributed by atoms with Crippen molar-refractivity contribution in [1.29, 1.82) is 0 Å². The number of nitrogens with one attached hydrogen (secondary N) is 1. The highest BCUT2D eigenvalue weighted by atomic mass is 32.2. The maximum absolute atomic E-state index is 13.0. The minimum absolute atomic E-state index is 0.188. The van der Waals surface area contributed by atoms with Gasteiger partial charge in [-0.2, -0.15) is 4.31 Å². The minimum atomic E-state index is -3.75. The van der Waals surface area contributed by atoms with Crippen molar-refractivity contribution in [2.45, 2.75) is 24.7 Å². The fourth-order valence-corrected chi connectivity index (χ4v) is 4.17. The van der Waals surface area contributed by atoms with Gasteiger partial charge in [-0.3, -0.25) is 4.79 Å². The molecule has 1 N–H and O–H groups in total. The molecule has 0 aliphatic heterocycles. The molecule has 2 aromatic carbocycles. The number of rotatable bonds is 11. The second kappa shape index (κ2) is 10.9. The lowest BCUT2D eigenvalue weighted by molar-refractivity contribution is -0.121. The van der Waals surface area contributed by atoms with Crippen LogP contribution in [0.5, 0.6) is 0 Å². The lowest BCUT2D eigenvalue weighted by Gasteiger charge is -2.22. The summed E-state index contributed by atoms with van der Waals surface area (Å²) >= 11 is 0. The Hall–Kier alpha value is -2.22. The molecule has 0 saturated heterocycles. The molecule has 152 valence electrons. The van der Waals surface area contributed by atoms with Gasteiger partial charge in [0, 0.05) is 26.8 Å². The summed E-state index contributed by atoms with van der Waals surface area (Å²) in [6, 6.07) is 16.5. The van der Waals surface area contributed by atoms with E-state index < -0.39 is 10.0 Å². The number of benzene rings is 2. The van der Waals surface area contributed by atoms with Crippen LogP contribution in [0.25, 0.3) is 0 Å². The predicted molar refractivity (Wildman–Crippen MR) is 110 cm³/mol. The van der Waals surface area contributed by atoms with E-state index in [1.165, 1.54) is 4.31 Å². The van der Waals surface area contributed by atoms with Gasteiger partial charge in [-0.25, -0.2) is 8.42 Å². The summed E-state index contributed by atoms with van der Waals surface area (Å²) in [5.74, 6) is -0.316. The number of nitrogens with zero attached hydrogens (tertiary/aromatic N) is 1. The number of aryl methyl sites for hydroxylation is 1. The van der Waals surface area contributed by atoms with Crippen molar-refractivity contribution in [3.05, 3.63) is 65.7 Å². The summed E-state index contributed by atoms with van der Waals surface area (Å²) in [5, 5.41) is 2.81. The van der Waals surface area contributed by atoms with Crippen LogP contribution in [-0.2, 0) is 26.0 Å². The molecular formula is C21H28N2O4S. The van der Waals surface area contributed by atoms with Crippen LogP contribution < -0.4 is 5.32 Å². The first-order chi connectivity index (χ1) is 13.4. The number of amides is 1. The second-order valence-corrected chi connectivity index (χ2v) is 8.52. The average molecular weight is 405 g/mol. The zero-order chi connectivity index (χ0) is 20.4. The molecule has 0 unspecified atom stereocenters. The van der Waals surface area contributed by atoms with E-state index in [2.05, 4.69) is 5.32 Å². The Labute approximate surface area is 167 Å². The van der Waals surface area contributed by atoms with Gasteiger partial charge in [0.15, 0.2) is 0 Å². The zero-order valence-corrected chi connectivity index (χ0v) is 17.2. The van der Waals surface area contributed by atoms with E-state index in [0.717, 1.165) is 11.1 Å². The molecule has 2 rings (SSSR count). The van der Waals surface area contributed by atoms with Crippen molar-refractivity contribution in [3.63, 3.8) is 0 Å². The van der Waals surface area contributed by atoms with Crippen LogP contribution in [0.4, 0.5) is 0 Å². The molecular weight excluding hydrogens is 376 g/mol. The number of hydrogen-bond donors (Lipinski definition) is 1. The van der Waals surface area contributed by atoms with Crippen LogP contribution in [0.3, 0.4) is 0 Å². The van der Waals surface area contributed by atoms with E-state index in [4.69, 9.17) is 4.74 Å². The van der Waals surface area contributed by atoms with Gasteiger partial charge in [-0.1, -0.05) is 48.0 Å². The molecule has 0 aliphatic carbocycles. The molecule has 0 bridgehead atoms. The maximum Gasteiger partial charge on any atom is 0.243 e. The van der Waals surface area contributed by atoms with Crippen LogP contribution >= 0.6 is 0 Å². The minimum Gasteiger partial charge on any atom is -0.385 e. The molecule has 2 aromatic rings. The molecule has 6 nitrogen and oxygen atoms in total. The first-order valence-corrected chi connectivity index (χ1v) is 10.7. The van der Waals surface area contributed by atoms with E-state index >= 15 is 0 Å². The quantitative estimate of drug-likeness (QED) is 0.584. The normalized spacial score (nSPS) is 11.5. The third-order valence-corrected chi connectivity index (χ3v) is 6.17. The van der Waals surface area contributed by atoms with Crippen LogP contribution in [0.15, 0.2) is 59.5 Å². The molecule has 28 heavy (non-hydrogen) atoms. The third-order valence-electron chi connectivity index (χ3n) is 4.31. The van der Waals surface area contributed by atoms with Crippen molar-refractivity contribution < 1.29 is 17.9 Å². The Morgan fingerprint density at radius 2 is 1.75 bits per heavy atom. The lowest BCUT2D eigenvalue weighted by atomic mass is 10.1. The van der Waals surface area contributed by atoms with Crippen LogP contribution in [0.2, 0.25) is 0 Å². The Morgan fingerprint density at radius 3 is 2.39 bits per heavy atom. The topological polar surface area (TPSA) is 75.7 Å². The molecule has 0 spiro atoms. The van der Waals surface area contributed by atoms with Crippen molar-refractivity contribution in [2.75, 3.05) is 33.4 Å². The molecule has 0 radical (unpaired) electrons. The highest BCUT2D eigenvalue weighted by Crippen LogP contribution is 2.16. The Kier molecular flexibility index (Phi) is 8.63. The summed E-state index contributed by atoms with van der Waals surface area (Å²) in [6.07, 6.45) is 1.21. The zero-order valence-electron chi connectivity index (χ0n) is 16.4. The van der Waals surface area contributed by atoms with Gasteiger partial charge in [0.1, 0.15) is 0 Å². The summed E-state index contributed by atoms with van der Waals surface area (Å²) < 4.78 is 32.2. The molecule has 1 amide bonds. The van der Waals surface area contributed by atoms with Crippen molar-refractivity contribution >= 4 is 15.9 Å². The third kappa shape index (κ3) is 6.74. The van der Waals surface area contributed by atoms with Crippen molar-refractivity contribution in [1.82, 2.24) is 9.62 Å². The first-order valence-electron chi connectivity index (χ1n) is 9.30. The Bertz CT molecular complexity index is 836. The van der Waals surface area contributed by atoms with Crippen molar-refractivity contribution in [3.8, 4) is 0 Å². The summed E-state index contributed by atoms with van der Waals surface area (Å²) in [7, 11) is -2.19. The van der Waals surface area contributed by atoms with E-state index in [9.17, 15) is 13.2 Å². The number of ether oxygens (including phenoxy) is 1. The smallest absolute Gasteiger partial charge is 0.243 e. The van der Waals surface area contributed by atoms with E-state index in [1.54, 1.807) is 31.4 Å². The highest BCUT2D eigenvalue weighted by molar-refractivity contribution is 7.89. The first kappa shape index (κ1) is 22.1. The van der Waals surface area contributed by atoms with Gasteiger partial charge in [-0.05, 0) is 37.5 Å². The van der Waals surface area contributed by atoms with Crippen molar-refractivity contribution in [2.24, 2.45) is 0 Å². The van der Waals surface area contributed by atoms with Gasteiger partial charge >= 0.3 is 0 Å². The largest absolute Gasteiger partial charge is 0.385 e. The van der Waals surface area contributed by atoms with Gasteiger partial charge in [-0.15, -0.1) is 0 Å². The lowest BCUT2D eigenvalue weighted by Crippen LogP contribution is -2.42. The average Bonchev–Trinajstić information content (AvgIpc) is 2.68. The second-order valence-electron chi connectivity index (χ2n) is 6.58. The molecule has 0 atom stereocenters. The molecule has 0 aliphatic rings. The fourth-order valence-electron chi connectivity index (χ4n) is 2.74. The van der Waals surface area contributed by atoms with Crippen LogP contribution in [-0.4, -0.2) is 52.0 Å². The summed E-state index contributed by atoms with van der Waals surface area (Å²) in [5.41, 5.74) is 2.09. The molecule has 0 saturated carbocycles. The number of carbonyl (C=O) groups excluding carboxylic acids is 1. The number of methoxy groups -OCH3 is 1. The van der Waals surface area contributed by atoms with Crippen LogP contribution in [0.1, 0.15) is 17.5 Å². The number of sulfonamides is 1. The monoisotopic (exact) mass is 404 g/mol. The van der Waals surface area contributed by atoms with E-state index in [0.29, 0.717) is 26.0 Å². The predicted octanol–water partition coefficient (Wildman–Crippen LogP) is 2.38. The van der Waals surface area contributed by atoms with Gasteiger partial charge in [0.2, 0.25) is 15.9 Å². The summed E-state index contributed by atoms with van der Waals surface area (Å²) in [4.78, 5) is 12.5. The SMILES string of the molecule is COCCCN(CC(=O)NCCc1ccccc1)S(=O)(=O)c1ccc(C)cc1. The standard InChI is InChI=1S/C21H28N2O4S/c1-18-9-11-20(12-10-18)28(25,26)23(15-6-16-27-2)17-21(24)22-14-13-19-7-4-3-5-8-19/h3-5,7-12H,6,13-17H2,1-2H3,(H,22,24). The molecule has 0 aromatic heterocycles. The van der Waals surface area contributed by atoms with E-state index in [1.807, 2.05) is 37.3 Å². The number of hydrogen-bond acceptors (Lipinski definition) is 4.